The van der Waals surface area contributed by atoms with Crippen LogP contribution in [0.4, 0.5) is 0 Å². The van der Waals surface area contributed by atoms with Crippen LogP contribution in [-0.4, -0.2) is 62.1 Å². The normalized spacial score (nSPS) is 14.0. The van der Waals surface area contributed by atoms with Crippen molar-refractivity contribution in [3.8, 4) is 17.2 Å². The van der Waals surface area contributed by atoms with Crippen molar-refractivity contribution in [3.63, 3.8) is 0 Å². The maximum atomic E-state index is 11.4. The number of nitrogens with one attached hydrogen (secondary N) is 3. The van der Waals surface area contributed by atoms with Gasteiger partial charge in [-0.1, -0.05) is 18.2 Å². The number of phenolic OH excluding ortho intramolecular Hbond substituents is 1. The Morgan fingerprint density at radius 3 is 1.69 bits per heavy atom. The van der Waals surface area contributed by atoms with E-state index in [4.69, 9.17) is 14.6 Å². The number of likely N-dealkylation sites (N-methyl/N-ethyl adjacent to an activating group) is 1. The first kappa shape index (κ1) is 27.5. The molecule has 0 bridgehead atoms. The van der Waals surface area contributed by atoms with Crippen molar-refractivity contribution in [2.45, 2.75) is 19.6 Å². The van der Waals surface area contributed by atoms with E-state index >= 15 is 0 Å². The summed E-state index contributed by atoms with van der Waals surface area (Å²) in [5.74, 6) is 1.51. The molecule has 0 unspecified atom stereocenters. The van der Waals surface area contributed by atoms with Crippen molar-refractivity contribution < 1.29 is 29.0 Å². The van der Waals surface area contributed by atoms with Crippen molar-refractivity contribution in [1.82, 2.24) is 20.9 Å². The minimum Gasteiger partial charge on any atom is -0.508 e. The fourth-order valence-corrected chi connectivity index (χ4v) is 4.15. The zero-order valence-corrected chi connectivity index (χ0v) is 22.2. The summed E-state index contributed by atoms with van der Waals surface area (Å²) in [4.78, 5) is 35.6. The number of aromatic hydroxyl groups is 1. The summed E-state index contributed by atoms with van der Waals surface area (Å²) in [6.45, 7) is 3.34. The van der Waals surface area contributed by atoms with Gasteiger partial charge in [-0.15, -0.1) is 0 Å². The summed E-state index contributed by atoms with van der Waals surface area (Å²) in [5, 5.41) is 17.2. The Hall–Kier alpha value is -4.57. The molecule has 3 aliphatic rings. The third-order valence-corrected chi connectivity index (χ3v) is 6.35. The molecule has 3 aromatic carbocycles. The van der Waals surface area contributed by atoms with E-state index < -0.39 is 0 Å². The number of benzene rings is 3. The molecular formula is C29H32N4O6. The van der Waals surface area contributed by atoms with Crippen molar-refractivity contribution >= 4 is 17.7 Å². The molecule has 0 aromatic heterocycles. The number of phenols is 1. The Balaban J connectivity index is 0.000000139. The molecule has 10 heteroatoms. The van der Waals surface area contributed by atoms with Crippen LogP contribution in [0, 0.1) is 0 Å². The first-order valence-corrected chi connectivity index (χ1v) is 12.5. The van der Waals surface area contributed by atoms with Gasteiger partial charge in [-0.25, -0.2) is 0 Å². The molecule has 0 atom stereocenters. The number of carbonyl (C=O) groups is 3. The van der Waals surface area contributed by atoms with Gasteiger partial charge in [0.05, 0.1) is 7.11 Å². The number of fused-ring (bicyclic) bond motifs is 3. The smallest absolute Gasteiger partial charge is 0.252 e. The Kier molecular flexibility index (Phi) is 8.67. The molecule has 4 N–H and O–H groups in total. The van der Waals surface area contributed by atoms with Gasteiger partial charge in [-0.05, 0) is 67.2 Å². The molecule has 0 spiro atoms. The Morgan fingerprint density at radius 1 is 0.718 bits per heavy atom. The molecule has 3 heterocycles. The Labute approximate surface area is 226 Å². The van der Waals surface area contributed by atoms with Gasteiger partial charge < -0.3 is 35.4 Å². The van der Waals surface area contributed by atoms with Gasteiger partial charge in [-0.3, -0.25) is 14.4 Å². The zero-order chi connectivity index (χ0) is 27.9. The molecule has 3 amide bonds. The topological polar surface area (TPSA) is 129 Å². The van der Waals surface area contributed by atoms with Crippen molar-refractivity contribution in [1.29, 1.82) is 0 Å². The van der Waals surface area contributed by atoms with Crippen LogP contribution in [0.3, 0.4) is 0 Å². The molecule has 204 valence electrons. The van der Waals surface area contributed by atoms with E-state index in [2.05, 4.69) is 20.9 Å². The van der Waals surface area contributed by atoms with Crippen LogP contribution in [0.5, 0.6) is 17.2 Å². The van der Waals surface area contributed by atoms with Gasteiger partial charge >= 0.3 is 0 Å². The third-order valence-electron chi connectivity index (χ3n) is 6.35. The molecule has 6 rings (SSSR count). The number of rotatable bonds is 5. The lowest BCUT2D eigenvalue weighted by Gasteiger charge is -2.11. The zero-order valence-electron chi connectivity index (χ0n) is 22.2. The van der Waals surface area contributed by atoms with Gasteiger partial charge in [0.15, 0.2) is 0 Å². The van der Waals surface area contributed by atoms with Crippen molar-refractivity contribution in [2.24, 2.45) is 0 Å². The maximum absolute atomic E-state index is 11.4. The third kappa shape index (κ3) is 6.85. The maximum Gasteiger partial charge on any atom is 0.252 e. The number of nitrogens with zero attached hydrogens (tertiary/aromatic N) is 1. The van der Waals surface area contributed by atoms with Crippen LogP contribution in [0.1, 0.15) is 47.8 Å². The summed E-state index contributed by atoms with van der Waals surface area (Å²) < 4.78 is 10.6. The molecule has 39 heavy (non-hydrogen) atoms. The molecule has 0 aliphatic carbocycles. The summed E-state index contributed by atoms with van der Waals surface area (Å²) in [6.07, 6.45) is 0. The van der Waals surface area contributed by atoms with Crippen molar-refractivity contribution in [2.75, 3.05) is 34.4 Å². The van der Waals surface area contributed by atoms with Gasteiger partial charge in [0, 0.05) is 42.9 Å². The van der Waals surface area contributed by atoms with Crippen LogP contribution in [-0.2, 0) is 19.6 Å². The van der Waals surface area contributed by atoms with Crippen LogP contribution < -0.4 is 25.4 Å². The lowest BCUT2D eigenvalue weighted by Crippen LogP contribution is -2.19. The van der Waals surface area contributed by atoms with Gasteiger partial charge in [0.25, 0.3) is 17.7 Å². The minimum atomic E-state index is -0.101. The second-order valence-electron chi connectivity index (χ2n) is 9.38. The van der Waals surface area contributed by atoms with Crippen LogP contribution >= 0.6 is 0 Å². The molecule has 0 saturated heterocycles. The number of carbonyl (C=O) groups excluding carboxylic acids is 3. The lowest BCUT2D eigenvalue weighted by atomic mass is 10.1. The van der Waals surface area contributed by atoms with Gasteiger partial charge in [0.2, 0.25) is 0 Å². The number of amides is 3. The molecule has 0 radical (unpaired) electrons. The van der Waals surface area contributed by atoms with E-state index in [1.54, 1.807) is 25.3 Å². The van der Waals surface area contributed by atoms with E-state index in [0.717, 1.165) is 45.9 Å². The summed E-state index contributed by atoms with van der Waals surface area (Å²) in [5.41, 5.74) is 5.10. The van der Waals surface area contributed by atoms with E-state index in [1.807, 2.05) is 44.4 Å². The molecule has 3 aromatic rings. The van der Waals surface area contributed by atoms with E-state index in [0.29, 0.717) is 31.8 Å². The summed E-state index contributed by atoms with van der Waals surface area (Å²) in [6, 6.07) is 16.0. The monoisotopic (exact) mass is 532 g/mol. The van der Waals surface area contributed by atoms with Crippen LogP contribution in [0.25, 0.3) is 0 Å². The highest BCUT2D eigenvalue weighted by Crippen LogP contribution is 2.23. The van der Waals surface area contributed by atoms with Gasteiger partial charge in [0.1, 0.15) is 23.9 Å². The van der Waals surface area contributed by atoms with E-state index in [-0.39, 0.29) is 23.5 Å². The highest BCUT2D eigenvalue weighted by molar-refractivity contribution is 5.99. The van der Waals surface area contributed by atoms with E-state index in [9.17, 15) is 14.4 Å². The average Bonchev–Trinajstić information content (AvgIpc) is 3.61. The molecule has 3 aliphatic heterocycles. The number of hydrogen-bond acceptors (Lipinski definition) is 7. The number of ether oxygens (including phenoxy) is 2. The first-order chi connectivity index (χ1) is 18.7. The predicted octanol–water partition coefficient (Wildman–Crippen LogP) is 2.44. The second kappa shape index (κ2) is 12.3. The summed E-state index contributed by atoms with van der Waals surface area (Å²) in [7, 11) is 5.59. The Bertz CT molecular complexity index is 1390. The first-order valence-electron chi connectivity index (χ1n) is 12.5. The van der Waals surface area contributed by atoms with E-state index in [1.165, 1.54) is 6.07 Å². The minimum absolute atomic E-state index is 0.00643. The predicted molar refractivity (Wildman–Crippen MR) is 145 cm³/mol. The summed E-state index contributed by atoms with van der Waals surface area (Å²) >= 11 is 0. The quantitative estimate of drug-likeness (QED) is 0.397. The lowest BCUT2D eigenvalue weighted by molar-refractivity contribution is 0.0957. The molecular weight excluding hydrogens is 500 g/mol. The number of methoxy groups -OCH3 is 1. The fraction of sp³-hybridized carbons (Fsp3) is 0.276. The average molecular weight is 533 g/mol. The van der Waals surface area contributed by atoms with Crippen LogP contribution in [0.2, 0.25) is 0 Å². The molecule has 10 nitrogen and oxygen atoms in total. The standard InChI is InChI=1S/C12H16N2O2.C9H9NO2.C8H7NO2/c1-14(2)5-6-16-10-4-3-9-8-13-12(15)11(9)7-10;1-12-7-3-2-6-5-10-9(11)8(6)4-7;10-6-2-1-5-4-9-8(11)7(5)3-6/h3-4,7H,5-6,8H2,1-2H3,(H,13,15);2-4H,5H2,1H3,(H,10,11);1-3,10H,4H2,(H,9,11). The second-order valence-corrected chi connectivity index (χ2v) is 9.38. The fourth-order valence-electron chi connectivity index (χ4n) is 4.15. The Morgan fingerprint density at radius 2 is 1.18 bits per heavy atom. The highest BCUT2D eigenvalue weighted by atomic mass is 16.5. The van der Waals surface area contributed by atoms with Gasteiger partial charge in [-0.2, -0.15) is 0 Å². The molecule has 0 saturated carbocycles. The largest absolute Gasteiger partial charge is 0.508 e. The molecule has 0 fully saturated rings. The SMILES string of the molecule is CN(C)CCOc1ccc2c(c1)C(=O)NC2.COc1ccc2c(c1)C(=O)NC2.O=C1NCc2ccc(O)cc21. The number of hydrogen-bond donors (Lipinski definition) is 4. The van der Waals surface area contributed by atoms with Crippen LogP contribution in [0.15, 0.2) is 54.6 Å². The highest BCUT2D eigenvalue weighted by Gasteiger charge is 2.20. The van der Waals surface area contributed by atoms with Crippen molar-refractivity contribution in [3.05, 3.63) is 88.0 Å².